The first-order valence-electron chi connectivity index (χ1n) is 9.72. The fourth-order valence-electron chi connectivity index (χ4n) is 5.93. The maximum absolute atomic E-state index is 14.3. The van der Waals surface area contributed by atoms with E-state index < -0.39 is 34.8 Å². The van der Waals surface area contributed by atoms with Gasteiger partial charge in [0.1, 0.15) is 0 Å². The lowest BCUT2D eigenvalue weighted by atomic mass is 9.46. The van der Waals surface area contributed by atoms with Gasteiger partial charge in [-0.3, -0.25) is 9.59 Å². The van der Waals surface area contributed by atoms with Crippen LogP contribution in [0.3, 0.4) is 0 Å². The Labute approximate surface area is 162 Å². The molecule has 3 atom stereocenters. The highest BCUT2D eigenvalue weighted by atomic mass is 19.3. The summed E-state index contributed by atoms with van der Waals surface area (Å²) in [4.78, 5) is 36.4. The first kappa shape index (κ1) is 21.0. The van der Waals surface area contributed by atoms with Gasteiger partial charge in [0.15, 0.2) is 6.10 Å². The molecule has 4 aliphatic rings. The predicted octanol–water partition coefficient (Wildman–Crippen LogP) is 3.28. The van der Waals surface area contributed by atoms with E-state index in [1.807, 2.05) is 0 Å². The third-order valence-electron chi connectivity index (χ3n) is 6.81. The van der Waals surface area contributed by atoms with Gasteiger partial charge in [-0.2, -0.15) is 8.78 Å². The van der Waals surface area contributed by atoms with Gasteiger partial charge in [-0.05, 0) is 49.9 Å². The standard InChI is InChI=1S/C20H28F2O6/c1-18(2,3)15(20(21,22)16(24)25)28-17(26)19-7-10-5-11(8-19)13(14(23)27-4)12(6-10)9-19/h10-13,15H,5-9H2,1-4H3,(H,24,25). The number of carboxylic acid groups (broad SMARTS) is 1. The Kier molecular flexibility index (Phi) is 4.99. The number of methoxy groups -OCH3 is 1. The minimum Gasteiger partial charge on any atom is -0.477 e. The number of hydrogen-bond donors (Lipinski definition) is 1. The van der Waals surface area contributed by atoms with Crippen LogP contribution in [-0.4, -0.2) is 42.2 Å². The molecule has 8 heteroatoms. The summed E-state index contributed by atoms with van der Waals surface area (Å²) in [6.45, 7) is 4.28. The van der Waals surface area contributed by atoms with E-state index in [1.165, 1.54) is 27.9 Å². The minimum absolute atomic E-state index is 0.0284. The number of carboxylic acids is 1. The van der Waals surface area contributed by atoms with Crippen molar-refractivity contribution in [1.29, 1.82) is 0 Å². The zero-order valence-corrected chi connectivity index (χ0v) is 16.7. The average Bonchev–Trinajstić information content (AvgIpc) is 2.56. The van der Waals surface area contributed by atoms with Gasteiger partial charge in [-0.25, -0.2) is 4.79 Å². The van der Waals surface area contributed by atoms with E-state index in [9.17, 15) is 23.2 Å². The van der Waals surface area contributed by atoms with E-state index in [4.69, 9.17) is 14.6 Å². The highest BCUT2D eigenvalue weighted by Gasteiger charge is 2.63. The number of alkyl halides is 2. The monoisotopic (exact) mass is 402 g/mol. The van der Waals surface area contributed by atoms with Gasteiger partial charge in [0.2, 0.25) is 0 Å². The van der Waals surface area contributed by atoms with Crippen molar-refractivity contribution in [3.8, 4) is 0 Å². The summed E-state index contributed by atoms with van der Waals surface area (Å²) >= 11 is 0. The third kappa shape index (κ3) is 3.28. The summed E-state index contributed by atoms with van der Waals surface area (Å²) in [5.41, 5.74) is -2.17. The van der Waals surface area contributed by atoms with Crippen LogP contribution in [0.25, 0.3) is 0 Å². The van der Waals surface area contributed by atoms with Crippen LogP contribution in [0.2, 0.25) is 0 Å². The van der Waals surface area contributed by atoms with Crippen LogP contribution in [0, 0.1) is 34.5 Å². The Hall–Kier alpha value is -1.73. The highest BCUT2D eigenvalue weighted by Crippen LogP contribution is 2.63. The van der Waals surface area contributed by atoms with Crippen molar-refractivity contribution in [2.75, 3.05) is 7.11 Å². The van der Waals surface area contributed by atoms with Crippen molar-refractivity contribution in [3.63, 3.8) is 0 Å². The fraction of sp³-hybridized carbons (Fsp3) is 0.850. The van der Waals surface area contributed by atoms with Crippen LogP contribution in [0.4, 0.5) is 8.78 Å². The molecule has 0 aliphatic heterocycles. The van der Waals surface area contributed by atoms with Crippen LogP contribution >= 0.6 is 0 Å². The summed E-state index contributed by atoms with van der Waals surface area (Å²) in [7, 11) is 1.35. The minimum atomic E-state index is -4.19. The fourth-order valence-corrected chi connectivity index (χ4v) is 5.93. The Balaban J connectivity index is 1.85. The topological polar surface area (TPSA) is 89.9 Å². The molecule has 0 aromatic rings. The normalized spacial score (nSPS) is 35.4. The molecule has 4 bridgehead atoms. The maximum Gasteiger partial charge on any atom is 0.379 e. The van der Waals surface area contributed by atoms with Crippen LogP contribution in [0.5, 0.6) is 0 Å². The molecule has 28 heavy (non-hydrogen) atoms. The zero-order valence-electron chi connectivity index (χ0n) is 16.7. The van der Waals surface area contributed by atoms with E-state index in [-0.39, 0.29) is 29.6 Å². The van der Waals surface area contributed by atoms with Crippen molar-refractivity contribution >= 4 is 17.9 Å². The lowest BCUT2D eigenvalue weighted by Gasteiger charge is -2.58. The summed E-state index contributed by atoms with van der Waals surface area (Å²) in [6.07, 6.45) is 0.901. The lowest BCUT2D eigenvalue weighted by molar-refractivity contribution is -0.221. The number of aliphatic carboxylic acids is 1. The maximum atomic E-state index is 14.3. The largest absolute Gasteiger partial charge is 0.477 e. The van der Waals surface area contributed by atoms with Gasteiger partial charge in [0.05, 0.1) is 18.4 Å². The molecular formula is C20H28F2O6. The molecule has 0 spiro atoms. The SMILES string of the molecule is COC(=O)C1C2CC3CC1CC(C(=O)OC(C(C)(C)C)C(F)(F)C(=O)O)(C3)C2. The molecular weight excluding hydrogens is 374 g/mol. The van der Waals surface area contributed by atoms with E-state index in [2.05, 4.69) is 0 Å². The summed E-state index contributed by atoms with van der Waals surface area (Å²) in [5, 5.41) is 8.95. The molecule has 1 N–H and O–H groups in total. The van der Waals surface area contributed by atoms with Gasteiger partial charge in [-0.15, -0.1) is 0 Å². The number of rotatable bonds is 5. The molecule has 6 nitrogen and oxygen atoms in total. The van der Waals surface area contributed by atoms with Crippen molar-refractivity contribution in [2.24, 2.45) is 34.5 Å². The Bertz CT molecular complexity index is 667. The predicted molar refractivity (Wildman–Crippen MR) is 93.4 cm³/mol. The highest BCUT2D eigenvalue weighted by molar-refractivity contribution is 5.81. The van der Waals surface area contributed by atoms with E-state index in [0.29, 0.717) is 19.3 Å². The summed E-state index contributed by atoms with van der Waals surface area (Å²) in [5.74, 6) is -7.60. The van der Waals surface area contributed by atoms with Gasteiger partial charge in [0.25, 0.3) is 0 Å². The number of hydrogen-bond acceptors (Lipinski definition) is 5. The van der Waals surface area contributed by atoms with Gasteiger partial charge in [-0.1, -0.05) is 20.8 Å². The molecule has 0 amide bonds. The zero-order chi connectivity index (χ0) is 21.1. The molecule has 0 saturated heterocycles. The molecule has 4 saturated carbocycles. The number of carbonyl (C=O) groups excluding carboxylic acids is 2. The average molecular weight is 402 g/mol. The van der Waals surface area contributed by atoms with Gasteiger partial charge >= 0.3 is 23.8 Å². The Morgan fingerprint density at radius 3 is 2.04 bits per heavy atom. The second-order valence-corrected chi connectivity index (χ2v) is 9.88. The van der Waals surface area contributed by atoms with Crippen LogP contribution < -0.4 is 0 Å². The van der Waals surface area contributed by atoms with Gasteiger partial charge < -0.3 is 14.6 Å². The van der Waals surface area contributed by atoms with E-state index >= 15 is 0 Å². The van der Waals surface area contributed by atoms with Crippen molar-refractivity contribution in [2.45, 2.75) is 64.9 Å². The molecule has 0 heterocycles. The number of carbonyl (C=O) groups is 3. The van der Waals surface area contributed by atoms with Crippen LogP contribution in [-0.2, 0) is 23.9 Å². The second kappa shape index (κ2) is 6.66. The number of halogens is 2. The molecule has 4 fully saturated rings. The van der Waals surface area contributed by atoms with Gasteiger partial charge in [0, 0.05) is 5.41 Å². The van der Waals surface area contributed by atoms with Crippen LogP contribution in [0.15, 0.2) is 0 Å². The molecule has 0 aromatic carbocycles. The second-order valence-electron chi connectivity index (χ2n) is 9.88. The first-order valence-corrected chi connectivity index (χ1v) is 9.72. The van der Waals surface area contributed by atoms with E-state index in [0.717, 1.165) is 12.8 Å². The smallest absolute Gasteiger partial charge is 0.379 e. The Morgan fingerprint density at radius 2 is 1.61 bits per heavy atom. The quantitative estimate of drug-likeness (QED) is 0.710. The Morgan fingerprint density at radius 1 is 1.07 bits per heavy atom. The van der Waals surface area contributed by atoms with Crippen molar-refractivity contribution in [1.82, 2.24) is 0 Å². The summed E-state index contributed by atoms with van der Waals surface area (Å²) in [6, 6.07) is 0. The number of esters is 2. The molecule has 0 radical (unpaired) electrons. The summed E-state index contributed by atoms with van der Waals surface area (Å²) < 4.78 is 38.8. The number of ether oxygens (including phenoxy) is 2. The molecule has 158 valence electrons. The molecule has 3 unspecified atom stereocenters. The van der Waals surface area contributed by atoms with Crippen molar-refractivity contribution in [3.05, 3.63) is 0 Å². The third-order valence-corrected chi connectivity index (χ3v) is 6.81. The van der Waals surface area contributed by atoms with Crippen LogP contribution in [0.1, 0.15) is 52.9 Å². The first-order chi connectivity index (χ1) is 12.8. The molecule has 0 aromatic heterocycles. The van der Waals surface area contributed by atoms with E-state index in [1.54, 1.807) is 0 Å². The lowest BCUT2D eigenvalue weighted by Crippen LogP contribution is -2.58. The molecule has 4 aliphatic carbocycles. The van der Waals surface area contributed by atoms with Crippen molar-refractivity contribution < 1.29 is 37.7 Å². The molecule has 4 rings (SSSR count).